The summed E-state index contributed by atoms with van der Waals surface area (Å²) in [6.07, 6.45) is 0.160. The van der Waals surface area contributed by atoms with Gasteiger partial charge in [0.1, 0.15) is 0 Å². The monoisotopic (exact) mass is 413 g/mol. The number of hydrogen-bond donors (Lipinski definition) is 1. The van der Waals surface area contributed by atoms with Gasteiger partial charge in [0.05, 0.1) is 18.1 Å². The van der Waals surface area contributed by atoms with Crippen LogP contribution < -0.4 is 5.32 Å². The molecule has 4 rings (SSSR count). The fraction of sp³-hybridized carbons (Fsp3) is 0.217. The molecule has 7 heteroatoms. The Morgan fingerprint density at radius 2 is 1.73 bits per heavy atom. The third-order valence-electron chi connectivity index (χ3n) is 5.21. The average Bonchev–Trinajstić information content (AvgIpc) is 2.72. The number of nitrogens with one attached hydrogen (secondary N) is 1. The second-order valence-electron chi connectivity index (χ2n) is 7.29. The maximum Gasteiger partial charge on any atom is 0.416 e. The van der Waals surface area contributed by atoms with E-state index in [9.17, 15) is 22.8 Å². The summed E-state index contributed by atoms with van der Waals surface area (Å²) in [5.41, 5.74) is -0.0862. The predicted octanol–water partition coefficient (Wildman–Crippen LogP) is 3.93. The van der Waals surface area contributed by atoms with Gasteiger partial charge in [0.2, 0.25) is 5.91 Å². The second-order valence-corrected chi connectivity index (χ2v) is 7.29. The van der Waals surface area contributed by atoms with Crippen LogP contribution >= 0.6 is 0 Å². The number of carbonyl (C=O) groups excluding carboxylic acids is 2. The molecule has 30 heavy (non-hydrogen) atoms. The van der Waals surface area contributed by atoms with Crippen molar-refractivity contribution in [2.24, 2.45) is 5.92 Å². The second kappa shape index (κ2) is 7.57. The molecule has 1 spiro atoms. The van der Waals surface area contributed by atoms with E-state index in [2.05, 4.69) is 5.32 Å². The number of carbonyl (C=O) groups is 2. The Labute approximate surface area is 171 Å². The van der Waals surface area contributed by atoms with Crippen molar-refractivity contribution in [1.82, 2.24) is 5.32 Å². The van der Waals surface area contributed by atoms with E-state index in [0.29, 0.717) is 11.1 Å². The van der Waals surface area contributed by atoms with Crippen LogP contribution in [-0.4, -0.2) is 24.0 Å². The van der Waals surface area contributed by atoms with Gasteiger partial charge in [-0.25, -0.2) is 0 Å². The molecule has 1 N–H and O–H groups in total. The van der Waals surface area contributed by atoms with Crippen molar-refractivity contribution >= 4 is 17.3 Å². The lowest BCUT2D eigenvalue weighted by Crippen LogP contribution is -2.58. The van der Waals surface area contributed by atoms with Gasteiger partial charge in [-0.2, -0.15) is 13.2 Å². The van der Waals surface area contributed by atoms with Crippen molar-refractivity contribution in [3.63, 3.8) is 0 Å². The van der Waals surface area contributed by atoms with Crippen LogP contribution in [0.3, 0.4) is 0 Å². The smallest absolute Gasteiger partial charge is 0.347 e. The molecule has 2 aliphatic rings. The van der Waals surface area contributed by atoms with Gasteiger partial charge in [-0.3, -0.25) is 9.59 Å². The van der Waals surface area contributed by atoms with Gasteiger partial charge in [0, 0.05) is 5.57 Å². The number of halogens is 3. The van der Waals surface area contributed by atoms with Crippen LogP contribution in [0.2, 0.25) is 0 Å². The van der Waals surface area contributed by atoms with Crippen LogP contribution in [0.25, 0.3) is 5.57 Å². The zero-order valence-corrected chi connectivity index (χ0v) is 15.8. The Bertz CT molecular complexity index is 1030. The van der Waals surface area contributed by atoms with Gasteiger partial charge in [-0.15, -0.1) is 0 Å². The summed E-state index contributed by atoms with van der Waals surface area (Å²) in [7, 11) is 0. The molecule has 2 unspecified atom stereocenters. The Morgan fingerprint density at radius 1 is 1.03 bits per heavy atom. The van der Waals surface area contributed by atoms with E-state index in [1.165, 1.54) is 30.4 Å². The zero-order valence-electron chi connectivity index (χ0n) is 15.8. The van der Waals surface area contributed by atoms with Crippen LogP contribution in [0.1, 0.15) is 16.7 Å². The van der Waals surface area contributed by atoms with E-state index in [1.807, 2.05) is 30.3 Å². The molecule has 4 nitrogen and oxygen atoms in total. The molecular weight excluding hydrogens is 395 g/mol. The number of hydrogen-bond acceptors (Lipinski definition) is 3. The minimum atomic E-state index is -4.40. The summed E-state index contributed by atoms with van der Waals surface area (Å²) in [6, 6.07) is 13.9. The van der Waals surface area contributed by atoms with E-state index in [-0.39, 0.29) is 24.7 Å². The number of alkyl halides is 3. The third-order valence-corrected chi connectivity index (χ3v) is 5.21. The van der Waals surface area contributed by atoms with Gasteiger partial charge in [0.15, 0.2) is 11.5 Å². The van der Waals surface area contributed by atoms with E-state index in [0.717, 1.165) is 17.7 Å². The Kier molecular flexibility index (Phi) is 5.07. The van der Waals surface area contributed by atoms with Crippen LogP contribution in [-0.2, 0) is 26.9 Å². The summed E-state index contributed by atoms with van der Waals surface area (Å²) in [4.78, 5) is 24.8. The van der Waals surface area contributed by atoms with Crippen LogP contribution in [0.4, 0.5) is 13.2 Å². The van der Waals surface area contributed by atoms with Crippen LogP contribution in [0.5, 0.6) is 0 Å². The molecule has 1 heterocycles. The lowest BCUT2D eigenvalue weighted by molar-refractivity contribution is -0.144. The maximum absolute atomic E-state index is 12.8. The minimum absolute atomic E-state index is 0.0650. The molecule has 2 aromatic carbocycles. The molecule has 0 aromatic heterocycles. The van der Waals surface area contributed by atoms with Gasteiger partial charge in [-0.1, -0.05) is 42.5 Å². The van der Waals surface area contributed by atoms with E-state index in [4.69, 9.17) is 4.74 Å². The first-order valence-electron chi connectivity index (χ1n) is 9.40. The molecule has 2 aromatic rings. The van der Waals surface area contributed by atoms with Gasteiger partial charge >= 0.3 is 6.18 Å². The van der Waals surface area contributed by atoms with Crippen LogP contribution in [0.15, 0.2) is 72.8 Å². The summed E-state index contributed by atoms with van der Waals surface area (Å²) in [5.74, 6) is -1.05. The zero-order chi connectivity index (χ0) is 21.4. The number of ether oxygens (including phenoxy) is 1. The Hall–Kier alpha value is -3.19. The Morgan fingerprint density at radius 3 is 2.37 bits per heavy atom. The van der Waals surface area contributed by atoms with E-state index >= 15 is 0 Å². The third kappa shape index (κ3) is 3.93. The molecular formula is C23H18F3NO3. The summed E-state index contributed by atoms with van der Waals surface area (Å²) >= 11 is 0. The van der Waals surface area contributed by atoms with Crippen molar-refractivity contribution < 1.29 is 27.5 Å². The normalized spacial score (nSPS) is 24.0. The van der Waals surface area contributed by atoms with Gasteiger partial charge in [-0.05, 0) is 47.9 Å². The first-order valence-corrected chi connectivity index (χ1v) is 9.40. The molecule has 1 fully saturated rings. The fourth-order valence-electron chi connectivity index (χ4n) is 3.63. The molecule has 0 radical (unpaired) electrons. The summed E-state index contributed by atoms with van der Waals surface area (Å²) in [5, 5.41) is 2.86. The number of allylic oxidation sites excluding steroid dienone is 2. The first-order chi connectivity index (χ1) is 14.3. The summed E-state index contributed by atoms with van der Waals surface area (Å²) < 4.78 is 44.2. The van der Waals surface area contributed by atoms with Crippen molar-refractivity contribution in [2.75, 3.05) is 6.61 Å². The maximum atomic E-state index is 12.8. The first kappa shape index (κ1) is 20.1. The van der Waals surface area contributed by atoms with Crippen LogP contribution in [0, 0.1) is 5.92 Å². The largest absolute Gasteiger partial charge is 0.416 e. The van der Waals surface area contributed by atoms with Crippen molar-refractivity contribution in [2.45, 2.75) is 18.3 Å². The molecule has 0 bridgehead atoms. The molecule has 1 aliphatic heterocycles. The van der Waals surface area contributed by atoms with E-state index < -0.39 is 23.4 Å². The molecule has 154 valence electrons. The highest BCUT2D eigenvalue weighted by molar-refractivity contribution is 6.08. The van der Waals surface area contributed by atoms with Gasteiger partial charge in [0.25, 0.3) is 0 Å². The quantitative estimate of drug-likeness (QED) is 0.830. The molecule has 1 saturated heterocycles. The number of amides is 1. The topological polar surface area (TPSA) is 55.4 Å². The lowest BCUT2D eigenvalue weighted by atomic mass is 9.87. The highest BCUT2D eigenvalue weighted by Gasteiger charge is 2.43. The predicted molar refractivity (Wildman–Crippen MR) is 104 cm³/mol. The number of rotatable bonds is 3. The molecule has 1 aliphatic carbocycles. The van der Waals surface area contributed by atoms with E-state index in [1.54, 1.807) is 0 Å². The van der Waals surface area contributed by atoms with Gasteiger partial charge < -0.3 is 10.1 Å². The SMILES string of the molecule is O=C1C=CC2(NC(=O)C(Cc3ccc(C(F)(F)F)cc3)CO2)C(c2ccccc2)=C1. The number of benzene rings is 2. The molecule has 2 atom stereocenters. The van der Waals surface area contributed by atoms with Crippen molar-refractivity contribution in [3.05, 3.63) is 89.5 Å². The highest BCUT2D eigenvalue weighted by atomic mass is 19.4. The standard InChI is InChI=1S/C23H18F3NO3/c24-23(25,26)18-8-6-15(7-9-18)12-17-14-30-22(27-21(17)29)11-10-19(28)13-20(22)16-4-2-1-3-5-16/h1-11,13,17H,12,14H2,(H,27,29). The number of ketones is 1. The summed E-state index contributed by atoms with van der Waals surface area (Å²) in [6.45, 7) is 0.0650. The Balaban J connectivity index is 1.52. The fourth-order valence-corrected chi connectivity index (χ4v) is 3.63. The highest BCUT2D eigenvalue weighted by Crippen LogP contribution is 2.36. The minimum Gasteiger partial charge on any atom is -0.347 e. The lowest BCUT2D eigenvalue weighted by Gasteiger charge is -2.41. The van der Waals surface area contributed by atoms with Crippen molar-refractivity contribution in [3.8, 4) is 0 Å². The average molecular weight is 413 g/mol. The van der Waals surface area contributed by atoms with Crippen molar-refractivity contribution in [1.29, 1.82) is 0 Å². The molecule has 0 saturated carbocycles. The molecule has 1 amide bonds.